The molecule has 0 bridgehead atoms. The third-order valence-electron chi connectivity index (χ3n) is 3.54. The zero-order valence-corrected chi connectivity index (χ0v) is 14.0. The second-order valence-corrected chi connectivity index (χ2v) is 6.58. The number of thioether (sulfide) groups is 1. The Kier molecular flexibility index (Phi) is 4.63. The standard InChI is InChI=1S/C19H18N2OS/c1-3-23-16-11-9-15(10-12-16)19(22)21-17-6-4-5-14-8-7-13(2)20-18(14)17/h4-12H,3H2,1-2H3,(H,21,22). The molecule has 1 aromatic heterocycles. The number of rotatable bonds is 4. The number of hydrogen-bond donors (Lipinski definition) is 1. The summed E-state index contributed by atoms with van der Waals surface area (Å²) in [6.07, 6.45) is 0. The number of aromatic nitrogens is 1. The largest absolute Gasteiger partial charge is 0.320 e. The van der Waals surface area contributed by atoms with E-state index in [4.69, 9.17) is 0 Å². The number of nitrogens with zero attached hydrogens (tertiary/aromatic N) is 1. The lowest BCUT2D eigenvalue weighted by Gasteiger charge is -2.09. The number of anilines is 1. The van der Waals surface area contributed by atoms with Crippen LogP contribution in [-0.4, -0.2) is 16.6 Å². The molecule has 3 rings (SSSR count). The highest BCUT2D eigenvalue weighted by molar-refractivity contribution is 7.99. The van der Waals surface area contributed by atoms with E-state index in [0.29, 0.717) is 5.56 Å². The van der Waals surface area contributed by atoms with Gasteiger partial charge in [0.1, 0.15) is 0 Å². The van der Waals surface area contributed by atoms with Crippen LogP contribution < -0.4 is 5.32 Å². The highest BCUT2D eigenvalue weighted by Crippen LogP contribution is 2.23. The van der Waals surface area contributed by atoms with Gasteiger partial charge in [0.2, 0.25) is 0 Å². The molecule has 1 amide bonds. The molecule has 1 N–H and O–H groups in total. The van der Waals surface area contributed by atoms with Crippen molar-refractivity contribution in [3.05, 3.63) is 65.9 Å². The van der Waals surface area contributed by atoms with E-state index in [-0.39, 0.29) is 5.91 Å². The molecule has 3 aromatic rings. The van der Waals surface area contributed by atoms with Gasteiger partial charge in [-0.15, -0.1) is 11.8 Å². The van der Waals surface area contributed by atoms with Gasteiger partial charge in [-0.2, -0.15) is 0 Å². The second kappa shape index (κ2) is 6.84. The first kappa shape index (κ1) is 15.6. The summed E-state index contributed by atoms with van der Waals surface area (Å²) in [5.41, 5.74) is 3.14. The highest BCUT2D eigenvalue weighted by Gasteiger charge is 2.09. The van der Waals surface area contributed by atoms with Crippen molar-refractivity contribution >= 4 is 34.3 Å². The number of aryl methyl sites for hydroxylation is 1. The third kappa shape index (κ3) is 3.54. The van der Waals surface area contributed by atoms with Crippen molar-refractivity contribution in [1.29, 1.82) is 0 Å². The lowest BCUT2D eigenvalue weighted by atomic mass is 10.1. The number of fused-ring (bicyclic) bond motifs is 1. The molecule has 0 atom stereocenters. The average molecular weight is 322 g/mol. The van der Waals surface area contributed by atoms with Gasteiger partial charge in [0, 0.05) is 21.5 Å². The Morgan fingerprint density at radius 3 is 2.61 bits per heavy atom. The molecule has 0 radical (unpaired) electrons. The first-order chi connectivity index (χ1) is 11.2. The summed E-state index contributed by atoms with van der Waals surface area (Å²) in [4.78, 5) is 18.2. The summed E-state index contributed by atoms with van der Waals surface area (Å²) in [6, 6.07) is 17.5. The lowest BCUT2D eigenvalue weighted by Crippen LogP contribution is -2.12. The molecule has 0 aliphatic heterocycles. The van der Waals surface area contributed by atoms with Crippen LogP contribution in [0.1, 0.15) is 23.0 Å². The van der Waals surface area contributed by atoms with E-state index < -0.39 is 0 Å². The van der Waals surface area contributed by atoms with Crippen LogP contribution in [0.25, 0.3) is 10.9 Å². The fourth-order valence-corrected chi connectivity index (χ4v) is 3.07. The Morgan fingerprint density at radius 1 is 1.09 bits per heavy atom. The Hall–Kier alpha value is -2.33. The molecule has 116 valence electrons. The maximum absolute atomic E-state index is 12.5. The van der Waals surface area contributed by atoms with Gasteiger partial charge in [-0.3, -0.25) is 9.78 Å². The third-order valence-corrected chi connectivity index (χ3v) is 4.43. The summed E-state index contributed by atoms with van der Waals surface area (Å²) in [5.74, 6) is 0.904. The number of pyridine rings is 1. The number of amides is 1. The Balaban J connectivity index is 1.86. The Labute approximate surface area is 140 Å². The minimum atomic E-state index is -0.117. The van der Waals surface area contributed by atoms with Gasteiger partial charge in [-0.25, -0.2) is 0 Å². The average Bonchev–Trinajstić information content (AvgIpc) is 2.56. The molecule has 4 heteroatoms. The lowest BCUT2D eigenvalue weighted by molar-refractivity contribution is 0.102. The number of carbonyl (C=O) groups excluding carboxylic acids is 1. The summed E-state index contributed by atoms with van der Waals surface area (Å²) in [6.45, 7) is 4.06. The van der Waals surface area contributed by atoms with Crippen LogP contribution in [0.4, 0.5) is 5.69 Å². The first-order valence-electron chi connectivity index (χ1n) is 7.58. The van der Waals surface area contributed by atoms with Gasteiger partial charge < -0.3 is 5.32 Å². The van der Waals surface area contributed by atoms with Crippen molar-refractivity contribution in [2.75, 3.05) is 11.1 Å². The molecule has 1 heterocycles. The molecular formula is C19H18N2OS. The zero-order valence-electron chi connectivity index (χ0n) is 13.2. The topological polar surface area (TPSA) is 42.0 Å². The Morgan fingerprint density at radius 2 is 1.87 bits per heavy atom. The molecule has 0 saturated heterocycles. The smallest absolute Gasteiger partial charge is 0.255 e. The van der Waals surface area contributed by atoms with E-state index in [1.807, 2.05) is 61.5 Å². The van der Waals surface area contributed by atoms with Crippen LogP contribution in [0, 0.1) is 6.92 Å². The number of benzene rings is 2. The fraction of sp³-hybridized carbons (Fsp3) is 0.158. The molecule has 23 heavy (non-hydrogen) atoms. The number of carbonyl (C=O) groups is 1. The monoisotopic (exact) mass is 322 g/mol. The minimum Gasteiger partial charge on any atom is -0.320 e. The number of para-hydroxylation sites is 1. The van der Waals surface area contributed by atoms with E-state index in [2.05, 4.69) is 17.2 Å². The zero-order chi connectivity index (χ0) is 16.2. The van der Waals surface area contributed by atoms with Crippen molar-refractivity contribution in [2.45, 2.75) is 18.7 Å². The molecule has 0 unspecified atom stereocenters. The van der Waals surface area contributed by atoms with Crippen LogP contribution in [0.15, 0.2) is 59.5 Å². The Bertz CT molecular complexity index is 844. The highest BCUT2D eigenvalue weighted by atomic mass is 32.2. The van der Waals surface area contributed by atoms with Gasteiger partial charge in [0.05, 0.1) is 11.2 Å². The summed E-state index contributed by atoms with van der Waals surface area (Å²) in [5, 5.41) is 3.99. The number of hydrogen-bond acceptors (Lipinski definition) is 3. The molecule has 2 aromatic carbocycles. The SMILES string of the molecule is CCSc1ccc(C(=O)Nc2cccc3ccc(C)nc23)cc1. The second-order valence-electron chi connectivity index (χ2n) is 5.24. The maximum atomic E-state index is 12.5. The first-order valence-corrected chi connectivity index (χ1v) is 8.56. The summed E-state index contributed by atoms with van der Waals surface area (Å²) < 4.78 is 0. The number of nitrogens with one attached hydrogen (secondary N) is 1. The predicted octanol–water partition coefficient (Wildman–Crippen LogP) is 4.91. The molecule has 0 aliphatic carbocycles. The maximum Gasteiger partial charge on any atom is 0.255 e. The quantitative estimate of drug-likeness (QED) is 0.694. The van der Waals surface area contributed by atoms with Crippen molar-refractivity contribution in [1.82, 2.24) is 4.98 Å². The molecular weight excluding hydrogens is 304 g/mol. The van der Waals surface area contributed by atoms with Gasteiger partial charge >= 0.3 is 0 Å². The molecule has 0 aliphatic rings. The van der Waals surface area contributed by atoms with E-state index in [9.17, 15) is 4.79 Å². The van der Waals surface area contributed by atoms with Crippen molar-refractivity contribution in [3.63, 3.8) is 0 Å². The van der Waals surface area contributed by atoms with Crippen molar-refractivity contribution < 1.29 is 4.79 Å². The van der Waals surface area contributed by atoms with Gasteiger partial charge in [0.25, 0.3) is 5.91 Å². The normalized spacial score (nSPS) is 10.7. The molecule has 0 saturated carbocycles. The predicted molar refractivity (Wildman–Crippen MR) is 97.3 cm³/mol. The summed E-state index contributed by atoms with van der Waals surface area (Å²) in [7, 11) is 0. The van der Waals surface area contributed by atoms with E-state index in [1.165, 1.54) is 4.90 Å². The van der Waals surface area contributed by atoms with Crippen LogP contribution >= 0.6 is 11.8 Å². The van der Waals surface area contributed by atoms with Crippen LogP contribution in [0.3, 0.4) is 0 Å². The van der Waals surface area contributed by atoms with Crippen molar-refractivity contribution in [3.8, 4) is 0 Å². The van der Waals surface area contributed by atoms with Crippen LogP contribution in [0.5, 0.6) is 0 Å². The van der Waals surface area contributed by atoms with Gasteiger partial charge in [-0.05, 0) is 49.1 Å². The molecule has 0 spiro atoms. The van der Waals surface area contributed by atoms with Gasteiger partial charge in [0.15, 0.2) is 0 Å². The van der Waals surface area contributed by atoms with E-state index in [0.717, 1.165) is 28.0 Å². The van der Waals surface area contributed by atoms with E-state index >= 15 is 0 Å². The minimum absolute atomic E-state index is 0.117. The summed E-state index contributed by atoms with van der Waals surface area (Å²) >= 11 is 1.76. The van der Waals surface area contributed by atoms with Crippen LogP contribution in [0.2, 0.25) is 0 Å². The fourth-order valence-electron chi connectivity index (χ4n) is 2.41. The molecule has 0 fully saturated rings. The van der Waals surface area contributed by atoms with Crippen molar-refractivity contribution in [2.24, 2.45) is 0 Å². The van der Waals surface area contributed by atoms with Gasteiger partial charge in [-0.1, -0.05) is 25.1 Å². The van der Waals surface area contributed by atoms with Crippen LogP contribution in [-0.2, 0) is 0 Å². The van der Waals surface area contributed by atoms with E-state index in [1.54, 1.807) is 11.8 Å². The molecule has 3 nitrogen and oxygen atoms in total.